The van der Waals surface area contributed by atoms with Gasteiger partial charge in [-0.2, -0.15) is 0 Å². The first-order valence-corrected chi connectivity index (χ1v) is 7.25. The van der Waals surface area contributed by atoms with Crippen LogP contribution in [0.15, 0.2) is 28.7 Å². The highest BCUT2D eigenvalue weighted by Gasteiger charge is 2.25. The number of amides is 1. The third-order valence-corrected chi connectivity index (χ3v) is 3.77. The van der Waals surface area contributed by atoms with Crippen molar-refractivity contribution in [3.8, 4) is 5.75 Å². The summed E-state index contributed by atoms with van der Waals surface area (Å²) >= 11 is 3.37. The molecular formula is C14H18BrNO3. The van der Waals surface area contributed by atoms with Gasteiger partial charge in [-0.15, -0.1) is 0 Å². The number of hydrogen-bond donors (Lipinski definition) is 1. The molecule has 1 atom stereocenters. The van der Waals surface area contributed by atoms with Gasteiger partial charge in [-0.25, -0.2) is 0 Å². The van der Waals surface area contributed by atoms with E-state index in [9.17, 15) is 4.79 Å². The fourth-order valence-electron chi connectivity index (χ4n) is 2.18. The summed E-state index contributed by atoms with van der Waals surface area (Å²) in [6.45, 7) is 1.97. The summed E-state index contributed by atoms with van der Waals surface area (Å²) in [4.78, 5) is 13.7. The Labute approximate surface area is 121 Å². The molecule has 1 unspecified atom stereocenters. The predicted molar refractivity (Wildman–Crippen MR) is 76.0 cm³/mol. The average Bonchev–Trinajstić information content (AvgIpc) is 2.87. The molecule has 1 fully saturated rings. The van der Waals surface area contributed by atoms with E-state index in [-0.39, 0.29) is 18.4 Å². The number of rotatable bonds is 5. The number of nitrogens with zero attached hydrogens (tertiary/aromatic N) is 1. The quantitative estimate of drug-likeness (QED) is 0.900. The standard InChI is InChI=1S/C14H18BrNO3/c15-12-2-1-3-13(8-12)19-7-5-14(18)16-6-4-11(9-16)10-17/h1-3,8,11,17H,4-7,9-10H2. The minimum Gasteiger partial charge on any atom is -0.493 e. The normalized spacial score (nSPS) is 18.6. The van der Waals surface area contributed by atoms with Crippen LogP contribution in [0.4, 0.5) is 0 Å². The highest BCUT2D eigenvalue weighted by molar-refractivity contribution is 9.10. The molecule has 0 aliphatic carbocycles. The van der Waals surface area contributed by atoms with Crippen LogP contribution in [-0.2, 0) is 4.79 Å². The zero-order valence-corrected chi connectivity index (χ0v) is 12.3. The molecule has 0 spiro atoms. The largest absolute Gasteiger partial charge is 0.493 e. The second-order valence-electron chi connectivity index (χ2n) is 4.73. The van der Waals surface area contributed by atoms with Crippen molar-refractivity contribution < 1.29 is 14.6 Å². The Balaban J connectivity index is 1.72. The molecular weight excluding hydrogens is 310 g/mol. The van der Waals surface area contributed by atoms with Crippen LogP contribution in [0.25, 0.3) is 0 Å². The van der Waals surface area contributed by atoms with Crippen LogP contribution in [0.1, 0.15) is 12.8 Å². The van der Waals surface area contributed by atoms with Gasteiger partial charge in [0.15, 0.2) is 0 Å². The van der Waals surface area contributed by atoms with Gasteiger partial charge in [-0.1, -0.05) is 22.0 Å². The van der Waals surface area contributed by atoms with Crippen molar-refractivity contribution in [2.75, 3.05) is 26.3 Å². The van der Waals surface area contributed by atoms with Crippen LogP contribution in [0.2, 0.25) is 0 Å². The maximum absolute atomic E-state index is 11.9. The summed E-state index contributed by atoms with van der Waals surface area (Å²) in [5, 5.41) is 9.05. The Morgan fingerprint density at radius 2 is 2.37 bits per heavy atom. The summed E-state index contributed by atoms with van der Waals surface area (Å²) in [6, 6.07) is 7.57. The number of likely N-dealkylation sites (tertiary alicyclic amines) is 1. The summed E-state index contributed by atoms with van der Waals surface area (Å²) in [6.07, 6.45) is 1.28. The molecule has 0 bridgehead atoms. The first-order chi connectivity index (χ1) is 9.19. The molecule has 1 amide bonds. The minimum atomic E-state index is 0.103. The summed E-state index contributed by atoms with van der Waals surface area (Å²) in [7, 11) is 0. The Morgan fingerprint density at radius 1 is 1.53 bits per heavy atom. The maximum Gasteiger partial charge on any atom is 0.226 e. The van der Waals surface area contributed by atoms with Crippen LogP contribution in [0.3, 0.4) is 0 Å². The molecule has 1 aromatic carbocycles. The fraction of sp³-hybridized carbons (Fsp3) is 0.500. The lowest BCUT2D eigenvalue weighted by Gasteiger charge is -2.16. The van der Waals surface area contributed by atoms with Crippen LogP contribution in [0, 0.1) is 5.92 Å². The molecule has 0 aromatic heterocycles. The van der Waals surface area contributed by atoms with Crippen molar-refractivity contribution in [1.29, 1.82) is 0 Å². The van der Waals surface area contributed by atoms with Crippen molar-refractivity contribution >= 4 is 21.8 Å². The Hall–Kier alpha value is -1.07. The van der Waals surface area contributed by atoms with Crippen LogP contribution in [0.5, 0.6) is 5.75 Å². The molecule has 0 radical (unpaired) electrons. The van der Waals surface area contributed by atoms with Gasteiger partial charge in [0.05, 0.1) is 13.0 Å². The molecule has 4 nitrogen and oxygen atoms in total. The first kappa shape index (κ1) is 14.3. The van der Waals surface area contributed by atoms with E-state index in [0.717, 1.165) is 23.2 Å². The van der Waals surface area contributed by atoms with Gasteiger partial charge in [-0.05, 0) is 24.6 Å². The Morgan fingerprint density at radius 3 is 3.05 bits per heavy atom. The molecule has 5 heteroatoms. The number of ether oxygens (including phenoxy) is 1. The van der Waals surface area contributed by atoms with E-state index in [0.29, 0.717) is 19.6 Å². The summed E-state index contributed by atoms with van der Waals surface area (Å²) < 4.78 is 6.50. The van der Waals surface area contributed by atoms with E-state index in [1.807, 2.05) is 29.2 Å². The van der Waals surface area contributed by atoms with Crippen molar-refractivity contribution in [2.24, 2.45) is 5.92 Å². The lowest BCUT2D eigenvalue weighted by Crippen LogP contribution is -2.30. The zero-order valence-electron chi connectivity index (χ0n) is 10.7. The van der Waals surface area contributed by atoms with Crippen molar-refractivity contribution in [1.82, 2.24) is 4.90 Å². The molecule has 19 heavy (non-hydrogen) atoms. The predicted octanol–water partition coefficient (Wildman–Crippen LogP) is 2.06. The lowest BCUT2D eigenvalue weighted by molar-refractivity contribution is -0.130. The van der Waals surface area contributed by atoms with Crippen LogP contribution in [-0.4, -0.2) is 42.2 Å². The van der Waals surface area contributed by atoms with E-state index >= 15 is 0 Å². The van der Waals surface area contributed by atoms with Crippen molar-refractivity contribution in [3.63, 3.8) is 0 Å². The highest BCUT2D eigenvalue weighted by Crippen LogP contribution is 2.19. The van der Waals surface area contributed by atoms with E-state index in [1.165, 1.54) is 0 Å². The van der Waals surface area contributed by atoms with Crippen LogP contribution < -0.4 is 4.74 Å². The molecule has 2 rings (SSSR count). The topological polar surface area (TPSA) is 49.8 Å². The smallest absolute Gasteiger partial charge is 0.226 e. The van der Waals surface area contributed by atoms with Crippen molar-refractivity contribution in [3.05, 3.63) is 28.7 Å². The highest BCUT2D eigenvalue weighted by atomic mass is 79.9. The van der Waals surface area contributed by atoms with Gasteiger partial charge < -0.3 is 14.7 Å². The van der Waals surface area contributed by atoms with Crippen LogP contribution >= 0.6 is 15.9 Å². The van der Waals surface area contributed by atoms with Gasteiger partial charge in [0.1, 0.15) is 5.75 Å². The SMILES string of the molecule is O=C(CCOc1cccc(Br)c1)N1CCC(CO)C1. The number of halogens is 1. The van der Waals surface area contributed by atoms with Gasteiger partial charge in [0.2, 0.25) is 5.91 Å². The Kier molecular flexibility index (Phi) is 5.22. The minimum absolute atomic E-state index is 0.103. The van der Waals surface area contributed by atoms with Gasteiger partial charge >= 0.3 is 0 Å². The van der Waals surface area contributed by atoms with Crippen molar-refractivity contribution in [2.45, 2.75) is 12.8 Å². The maximum atomic E-state index is 11.9. The fourth-order valence-corrected chi connectivity index (χ4v) is 2.56. The average molecular weight is 328 g/mol. The van der Waals surface area contributed by atoms with E-state index in [1.54, 1.807) is 0 Å². The lowest BCUT2D eigenvalue weighted by atomic mass is 10.1. The molecule has 1 aromatic rings. The third kappa shape index (κ3) is 4.21. The molecule has 1 N–H and O–H groups in total. The molecule has 1 aliphatic rings. The monoisotopic (exact) mass is 327 g/mol. The second-order valence-corrected chi connectivity index (χ2v) is 5.65. The summed E-state index contributed by atoms with van der Waals surface area (Å²) in [5.74, 6) is 1.11. The first-order valence-electron chi connectivity index (χ1n) is 6.46. The van der Waals surface area contributed by atoms with E-state index < -0.39 is 0 Å². The van der Waals surface area contributed by atoms with Gasteiger partial charge in [0, 0.05) is 30.1 Å². The third-order valence-electron chi connectivity index (χ3n) is 3.28. The summed E-state index contributed by atoms with van der Waals surface area (Å²) in [5.41, 5.74) is 0. The number of hydrogen-bond acceptors (Lipinski definition) is 3. The Bertz CT molecular complexity index is 438. The molecule has 1 heterocycles. The van der Waals surface area contributed by atoms with E-state index in [2.05, 4.69) is 15.9 Å². The number of aliphatic hydroxyl groups is 1. The number of carbonyl (C=O) groups is 1. The number of benzene rings is 1. The molecule has 104 valence electrons. The van der Waals surface area contributed by atoms with Gasteiger partial charge in [-0.3, -0.25) is 4.79 Å². The molecule has 0 saturated carbocycles. The zero-order chi connectivity index (χ0) is 13.7. The van der Waals surface area contributed by atoms with E-state index in [4.69, 9.17) is 9.84 Å². The molecule has 1 aliphatic heterocycles. The number of carbonyl (C=O) groups excluding carboxylic acids is 1. The number of aliphatic hydroxyl groups excluding tert-OH is 1. The molecule has 1 saturated heterocycles. The van der Waals surface area contributed by atoms with Gasteiger partial charge in [0.25, 0.3) is 0 Å². The second kappa shape index (κ2) is 6.91.